The van der Waals surface area contributed by atoms with Crippen molar-refractivity contribution >= 4 is 0 Å². The molecule has 2 aromatic rings. The molecule has 1 aromatic carbocycles. The monoisotopic (exact) mass is 285 g/mol. The van der Waals surface area contributed by atoms with Crippen LogP contribution in [0.3, 0.4) is 0 Å². The fourth-order valence-corrected chi connectivity index (χ4v) is 2.74. The average Bonchev–Trinajstić information content (AvgIpc) is 2.85. The summed E-state index contributed by atoms with van der Waals surface area (Å²) in [6, 6.07) is 11.0. The Hall–Kier alpha value is -1.61. The Morgan fingerprint density at radius 1 is 1.10 bits per heavy atom. The molecule has 21 heavy (non-hydrogen) atoms. The quantitative estimate of drug-likeness (QED) is 0.843. The lowest BCUT2D eigenvalue weighted by Crippen LogP contribution is -2.25. The Balaban J connectivity index is 2.33. The third-order valence-corrected chi connectivity index (χ3v) is 3.77. The van der Waals surface area contributed by atoms with Crippen LogP contribution in [0.5, 0.6) is 0 Å². The van der Waals surface area contributed by atoms with Crippen molar-refractivity contribution in [1.29, 1.82) is 0 Å². The van der Waals surface area contributed by atoms with Gasteiger partial charge < -0.3 is 5.32 Å². The summed E-state index contributed by atoms with van der Waals surface area (Å²) < 4.78 is 2.13. The molecular weight excluding hydrogens is 258 g/mol. The highest BCUT2D eigenvalue weighted by molar-refractivity contribution is 5.38. The van der Waals surface area contributed by atoms with Gasteiger partial charge in [0.2, 0.25) is 0 Å². The van der Waals surface area contributed by atoms with E-state index in [0.29, 0.717) is 6.04 Å². The summed E-state index contributed by atoms with van der Waals surface area (Å²) in [7, 11) is 0. The van der Waals surface area contributed by atoms with E-state index in [2.05, 4.69) is 62.0 Å². The fourth-order valence-electron chi connectivity index (χ4n) is 2.74. The van der Waals surface area contributed by atoms with Crippen LogP contribution in [-0.2, 0) is 19.3 Å². The predicted molar refractivity (Wildman–Crippen MR) is 89.2 cm³/mol. The molecule has 0 spiro atoms. The zero-order chi connectivity index (χ0) is 15.2. The highest BCUT2D eigenvalue weighted by Crippen LogP contribution is 2.20. The van der Waals surface area contributed by atoms with Crippen molar-refractivity contribution in [2.75, 3.05) is 6.54 Å². The Morgan fingerprint density at radius 2 is 1.81 bits per heavy atom. The van der Waals surface area contributed by atoms with Gasteiger partial charge in [-0.05, 0) is 43.5 Å². The van der Waals surface area contributed by atoms with Gasteiger partial charge in [-0.2, -0.15) is 5.10 Å². The number of benzene rings is 1. The maximum Gasteiger partial charge on any atom is 0.0661 e. The second-order valence-corrected chi connectivity index (χ2v) is 5.69. The third-order valence-electron chi connectivity index (χ3n) is 3.77. The van der Waals surface area contributed by atoms with Gasteiger partial charge in [0.1, 0.15) is 0 Å². The molecule has 0 atom stereocenters. The van der Waals surface area contributed by atoms with E-state index in [1.165, 1.54) is 17.0 Å². The second kappa shape index (κ2) is 7.41. The van der Waals surface area contributed by atoms with Crippen LogP contribution in [-0.4, -0.2) is 22.4 Å². The molecule has 0 aliphatic heterocycles. The molecule has 1 aromatic heterocycles. The zero-order valence-electron chi connectivity index (χ0n) is 13.7. The molecule has 0 amide bonds. The molecular formula is C18H27N3. The minimum atomic E-state index is 0.532. The average molecular weight is 285 g/mol. The first kappa shape index (κ1) is 15.8. The summed E-state index contributed by atoms with van der Waals surface area (Å²) >= 11 is 0. The van der Waals surface area contributed by atoms with Gasteiger partial charge in [-0.3, -0.25) is 0 Å². The smallest absolute Gasteiger partial charge is 0.0661 e. The molecule has 0 aliphatic carbocycles. The lowest BCUT2D eigenvalue weighted by Gasteiger charge is -2.10. The Labute approximate surface area is 128 Å². The summed E-state index contributed by atoms with van der Waals surface area (Å²) in [5, 5.41) is 8.36. The van der Waals surface area contributed by atoms with Gasteiger partial charge in [0.05, 0.1) is 11.4 Å². The molecule has 1 heterocycles. The van der Waals surface area contributed by atoms with Crippen LogP contribution in [0.4, 0.5) is 0 Å². The van der Waals surface area contributed by atoms with Crippen molar-refractivity contribution < 1.29 is 0 Å². The minimum Gasteiger partial charge on any atom is -0.314 e. The van der Waals surface area contributed by atoms with Crippen molar-refractivity contribution in [2.45, 2.75) is 53.0 Å². The molecule has 0 saturated carbocycles. The standard InChI is InChI=1S/C18H27N3/c1-5-17-16(12-13-19-14(3)4)18(6-2)21(20-17)15-10-8-7-9-11-15/h7-11,14,19H,5-6,12-13H2,1-4H3. The number of aromatic nitrogens is 2. The molecule has 0 fully saturated rings. The van der Waals surface area contributed by atoms with Crippen molar-refractivity contribution in [3.05, 3.63) is 47.3 Å². The summed E-state index contributed by atoms with van der Waals surface area (Å²) in [5.41, 5.74) is 5.17. The SMILES string of the molecule is CCc1nn(-c2ccccc2)c(CC)c1CCNC(C)C. The van der Waals surface area contributed by atoms with E-state index in [0.717, 1.165) is 31.5 Å². The van der Waals surface area contributed by atoms with Crippen molar-refractivity contribution in [3.8, 4) is 5.69 Å². The normalized spacial score (nSPS) is 11.3. The van der Waals surface area contributed by atoms with Crippen LogP contribution in [0.2, 0.25) is 0 Å². The van der Waals surface area contributed by atoms with Gasteiger partial charge >= 0.3 is 0 Å². The third kappa shape index (κ3) is 3.73. The topological polar surface area (TPSA) is 29.9 Å². The highest BCUT2D eigenvalue weighted by atomic mass is 15.3. The maximum atomic E-state index is 4.86. The molecule has 114 valence electrons. The van der Waals surface area contributed by atoms with Crippen molar-refractivity contribution in [1.82, 2.24) is 15.1 Å². The Kier molecular flexibility index (Phi) is 5.57. The fraction of sp³-hybridized carbons (Fsp3) is 0.500. The molecule has 1 N–H and O–H groups in total. The molecule has 0 unspecified atom stereocenters. The van der Waals surface area contributed by atoms with Gasteiger partial charge in [0.25, 0.3) is 0 Å². The molecule has 0 saturated heterocycles. The van der Waals surface area contributed by atoms with Crippen LogP contribution in [0.25, 0.3) is 5.69 Å². The van der Waals surface area contributed by atoms with Crippen LogP contribution < -0.4 is 5.32 Å². The lowest BCUT2D eigenvalue weighted by molar-refractivity contribution is 0.588. The first-order valence-electron chi connectivity index (χ1n) is 8.05. The van der Waals surface area contributed by atoms with Gasteiger partial charge in [0.15, 0.2) is 0 Å². The second-order valence-electron chi connectivity index (χ2n) is 5.69. The number of aryl methyl sites for hydroxylation is 1. The largest absolute Gasteiger partial charge is 0.314 e. The summed E-state index contributed by atoms with van der Waals surface area (Å²) in [6.45, 7) is 9.80. The van der Waals surface area contributed by atoms with Crippen molar-refractivity contribution in [2.24, 2.45) is 0 Å². The van der Waals surface area contributed by atoms with E-state index in [1.807, 2.05) is 6.07 Å². The van der Waals surface area contributed by atoms with E-state index < -0.39 is 0 Å². The number of nitrogens with one attached hydrogen (secondary N) is 1. The molecule has 3 heteroatoms. The van der Waals surface area contributed by atoms with E-state index in [-0.39, 0.29) is 0 Å². The number of hydrogen-bond donors (Lipinski definition) is 1. The number of hydrogen-bond acceptors (Lipinski definition) is 2. The predicted octanol–water partition coefficient (Wildman–Crippen LogP) is 3.54. The van der Waals surface area contributed by atoms with Crippen LogP contribution in [0.1, 0.15) is 44.6 Å². The van der Waals surface area contributed by atoms with Crippen LogP contribution >= 0.6 is 0 Å². The van der Waals surface area contributed by atoms with Gasteiger partial charge in [-0.15, -0.1) is 0 Å². The van der Waals surface area contributed by atoms with Gasteiger partial charge in [-0.25, -0.2) is 4.68 Å². The number of nitrogens with zero attached hydrogens (tertiary/aromatic N) is 2. The van der Waals surface area contributed by atoms with E-state index >= 15 is 0 Å². The van der Waals surface area contributed by atoms with Crippen molar-refractivity contribution in [3.63, 3.8) is 0 Å². The number of rotatable bonds is 7. The minimum absolute atomic E-state index is 0.532. The maximum absolute atomic E-state index is 4.86. The molecule has 0 aliphatic rings. The van der Waals surface area contributed by atoms with E-state index in [4.69, 9.17) is 5.10 Å². The molecule has 2 rings (SSSR count). The first-order chi connectivity index (χ1) is 10.2. The summed E-state index contributed by atoms with van der Waals surface area (Å²) in [4.78, 5) is 0. The summed E-state index contributed by atoms with van der Waals surface area (Å²) in [5.74, 6) is 0. The number of para-hydroxylation sites is 1. The summed E-state index contributed by atoms with van der Waals surface area (Å²) in [6.07, 6.45) is 3.06. The first-order valence-corrected chi connectivity index (χ1v) is 8.05. The Morgan fingerprint density at radius 3 is 2.38 bits per heavy atom. The molecule has 0 radical (unpaired) electrons. The van der Waals surface area contributed by atoms with Gasteiger partial charge in [-0.1, -0.05) is 45.9 Å². The highest BCUT2D eigenvalue weighted by Gasteiger charge is 2.16. The van der Waals surface area contributed by atoms with Crippen LogP contribution in [0.15, 0.2) is 30.3 Å². The van der Waals surface area contributed by atoms with E-state index in [9.17, 15) is 0 Å². The Bertz CT molecular complexity index is 555. The molecule has 0 bridgehead atoms. The van der Waals surface area contributed by atoms with E-state index in [1.54, 1.807) is 0 Å². The lowest BCUT2D eigenvalue weighted by atomic mass is 10.1. The molecule has 3 nitrogen and oxygen atoms in total. The zero-order valence-corrected chi connectivity index (χ0v) is 13.7. The van der Waals surface area contributed by atoms with Gasteiger partial charge in [0, 0.05) is 11.7 Å². The van der Waals surface area contributed by atoms with Crippen LogP contribution in [0, 0.1) is 0 Å².